The van der Waals surface area contributed by atoms with Crippen molar-refractivity contribution < 1.29 is 14.2 Å². The largest absolute Gasteiger partial charge is 0.496 e. The number of rotatable bonds is 4. The fraction of sp³-hybridized carbons (Fsp3) is 0.455. The molecule has 0 aliphatic heterocycles. The summed E-state index contributed by atoms with van der Waals surface area (Å²) in [7, 11) is 3.16. The summed E-state index contributed by atoms with van der Waals surface area (Å²) in [5, 5.41) is 12.7. The first-order valence-corrected chi connectivity index (χ1v) is 5.67. The minimum atomic E-state index is -0.934. The van der Waals surface area contributed by atoms with Crippen LogP contribution >= 0.6 is 15.9 Å². The summed E-state index contributed by atoms with van der Waals surface area (Å²) in [6.07, 6.45) is -0.934. The van der Waals surface area contributed by atoms with E-state index in [2.05, 4.69) is 21.2 Å². The Hall–Kier alpha value is -0.650. The van der Waals surface area contributed by atoms with Crippen molar-refractivity contribution in [2.24, 2.45) is 0 Å². The van der Waals surface area contributed by atoms with Crippen molar-refractivity contribution in [1.82, 2.24) is 5.32 Å². The second-order valence-electron chi connectivity index (χ2n) is 3.51. The molecule has 0 aliphatic rings. The minimum absolute atomic E-state index is 0.184. The van der Waals surface area contributed by atoms with Gasteiger partial charge in [-0.15, -0.1) is 0 Å². The molecule has 1 aromatic carbocycles. The Bertz CT molecular complexity index is 385. The van der Waals surface area contributed by atoms with E-state index in [1.54, 1.807) is 20.0 Å². The first kappa shape index (κ1) is 13.4. The summed E-state index contributed by atoms with van der Waals surface area (Å²) >= 11 is 3.12. The molecule has 3 nitrogen and oxygen atoms in total. The third kappa shape index (κ3) is 2.53. The summed E-state index contributed by atoms with van der Waals surface area (Å²) < 4.78 is 19.3. The van der Waals surface area contributed by atoms with Crippen LogP contribution in [0.5, 0.6) is 5.75 Å². The van der Waals surface area contributed by atoms with Gasteiger partial charge in [-0.3, -0.25) is 0 Å². The van der Waals surface area contributed by atoms with Crippen molar-refractivity contribution in [3.8, 4) is 5.75 Å². The van der Waals surface area contributed by atoms with Gasteiger partial charge in [0.2, 0.25) is 0 Å². The van der Waals surface area contributed by atoms with Gasteiger partial charge in [0.15, 0.2) is 0 Å². The number of ether oxygens (including phenoxy) is 1. The third-order valence-corrected chi connectivity index (χ3v) is 2.90. The Morgan fingerprint density at radius 1 is 1.62 bits per heavy atom. The van der Waals surface area contributed by atoms with E-state index in [-0.39, 0.29) is 12.1 Å². The van der Waals surface area contributed by atoms with Crippen molar-refractivity contribution in [2.45, 2.75) is 13.0 Å². The molecule has 1 rings (SSSR count). The molecular formula is C11H15BrFNO2. The van der Waals surface area contributed by atoms with Gasteiger partial charge in [0, 0.05) is 6.54 Å². The molecule has 16 heavy (non-hydrogen) atoms. The highest BCUT2D eigenvalue weighted by Crippen LogP contribution is 2.35. The fourth-order valence-corrected chi connectivity index (χ4v) is 2.18. The first-order chi connectivity index (χ1) is 7.52. The molecule has 2 N–H and O–H groups in total. The monoisotopic (exact) mass is 291 g/mol. The lowest BCUT2D eigenvalue weighted by Gasteiger charge is -2.18. The zero-order valence-corrected chi connectivity index (χ0v) is 11.1. The van der Waals surface area contributed by atoms with Crippen molar-refractivity contribution in [3.63, 3.8) is 0 Å². The van der Waals surface area contributed by atoms with Gasteiger partial charge in [-0.25, -0.2) is 4.39 Å². The molecule has 1 unspecified atom stereocenters. The van der Waals surface area contributed by atoms with Crippen molar-refractivity contribution >= 4 is 15.9 Å². The van der Waals surface area contributed by atoms with E-state index in [1.807, 2.05) is 0 Å². The maximum absolute atomic E-state index is 13.9. The van der Waals surface area contributed by atoms with Crippen LogP contribution in [-0.2, 0) is 0 Å². The van der Waals surface area contributed by atoms with Crippen LogP contribution in [0.15, 0.2) is 10.5 Å². The Balaban J connectivity index is 3.32. The minimum Gasteiger partial charge on any atom is -0.496 e. The van der Waals surface area contributed by atoms with Gasteiger partial charge in [-0.1, -0.05) is 0 Å². The van der Waals surface area contributed by atoms with Crippen molar-refractivity contribution in [1.29, 1.82) is 0 Å². The zero-order chi connectivity index (χ0) is 12.3. The predicted octanol–water partition coefficient (Wildman–Crippen LogP) is 2.16. The maximum Gasteiger partial charge on any atom is 0.146 e. The van der Waals surface area contributed by atoms with Crippen LogP contribution in [-0.4, -0.2) is 25.8 Å². The van der Waals surface area contributed by atoms with Gasteiger partial charge < -0.3 is 15.2 Å². The Labute approximate surface area is 103 Å². The zero-order valence-electron chi connectivity index (χ0n) is 9.47. The van der Waals surface area contributed by atoms with Gasteiger partial charge in [0.1, 0.15) is 11.6 Å². The lowest BCUT2D eigenvalue weighted by Crippen LogP contribution is -2.19. The molecule has 0 saturated carbocycles. The van der Waals surface area contributed by atoms with Gasteiger partial charge in [0.05, 0.1) is 23.2 Å². The van der Waals surface area contributed by atoms with Crippen LogP contribution < -0.4 is 10.1 Å². The number of aryl methyl sites for hydroxylation is 1. The Kier molecular flexibility index (Phi) is 4.70. The highest BCUT2D eigenvalue weighted by Gasteiger charge is 2.22. The molecule has 90 valence electrons. The molecular weight excluding hydrogens is 277 g/mol. The number of halogens is 2. The molecule has 0 bridgehead atoms. The number of likely N-dealkylation sites (N-methyl/N-ethyl adjacent to an activating group) is 1. The first-order valence-electron chi connectivity index (χ1n) is 4.88. The van der Waals surface area contributed by atoms with Crippen LogP contribution in [0.2, 0.25) is 0 Å². The molecule has 0 aliphatic carbocycles. The second-order valence-corrected chi connectivity index (χ2v) is 4.36. The van der Waals surface area contributed by atoms with E-state index < -0.39 is 11.9 Å². The maximum atomic E-state index is 13.9. The molecule has 0 spiro atoms. The topological polar surface area (TPSA) is 41.5 Å². The van der Waals surface area contributed by atoms with E-state index in [9.17, 15) is 9.50 Å². The predicted molar refractivity (Wildman–Crippen MR) is 64.3 cm³/mol. The number of hydrogen-bond acceptors (Lipinski definition) is 3. The number of benzene rings is 1. The van der Waals surface area contributed by atoms with Gasteiger partial charge >= 0.3 is 0 Å². The van der Waals surface area contributed by atoms with Gasteiger partial charge in [0.25, 0.3) is 0 Å². The van der Waals surface area contributed by atoms with Crippen molar-refractivity contribution in [3.05, 3.63) is 27.5 Å². The summed E-state index contributed by atoms with van der Waals surface area (Å²) in [6, 6.07) is 1.63. The highest BCUT2D eigenvalue weighted by molar-refractivity contribution is 9.10. The van der Waals surface area contributed by atoms with Crippen LogP contribution in [0.1, 0.15) is 17.2 Å². The standard InChI is InChI=1S/C11H15BrFNO2/c1-6-4-7(12)10(13)9(11(6)16-3)8(15)5-14-2/h4,8,14-15H,5H2,1-3H3. The average Bonchev–Trinajstić information content (AvgIpc) is 2.23. The molecule has 0 aromatic heterocycles. The van der Waals surface area contributed by atoms with E-state index in [4.69, 9.17) is 4.74 Å². The van der Waals surface area contributed by atoms with Gasteiger partial charge in [-0.2, -0.15) is 0 Å². The number of aliphatic hydroxyl groups excluding tert-OH is 1. The smallest absolute Gasteiger partial charge is 0.146 e. The normalized spacial score (nSPS) is 12.6. The number of aliphatic hydroxyl groups is 1. The molecule has 0 heterocycles. The highest BCUT2D eigenvalue weighted by atomic mass is 79.9. The number of hydrogen-bond donors (Lipinski definition) is 2. The summed E-state index contributed by atoms with van der Waals surface area (Å²) in [6.45, 7) is 2.07. The lowest BCUT2D eigenvalue weighted by molar-refractivity contribution is 0.168. The molecule has 1 aromatic rings. The number of nitrogens with one attached hydrogen (secondary N) is 1. The van der Waals surface area contributed by atoms with E-state index in [1.165, 1.54) is 7.11 Å². The number of methoxy groups -OCH3 is 1. The van der Waals surface area contributed by atoms with Crippen LogP contribution in [0.3, 0.4) is 0 Å². The molecule has 0 fully saturated rings. The van der Waals surface area contributed by atoms with Crippen molar-refractivity contribution in [2.75, 3.05) is 20.7 Å². The Morgan fingerprint density at radius 2 is 2.25 bits per heavy atom. The SMILES string of the molecule is CNCC(O)c1c(F)c(Br)cc(C)c1OC. The molecule has 0 radical (unpaired) electrons. The Morgan fingerprint density at radius 3 is 2.75 bits per heavy atom. The van der Waals surface area contributed by atoms with Crippen LogP contribution in [0, 0.1) is 12.7 Å². The average molecular weight is 292 g/mol. The quantitative estimate of drug-likeness (QED) is 0.893. The second kappa shape index (κ2) is 5.61. The summed E-state index contributed by atoms with van der Waals surface area (Å²) in [4.78, 5) is 0. The molecule has 0 saturated heterocycles. The van der Waals surface area contributed by atoms with E-state index in [0.717, 1.165) is 5.56 Å². The lowest BCUT2D eigenvalue weighted by atomic mass is 10.0. The van der Waals surface area contributed by atoms with E-state index in [0.29, 0.717) is 10.2 Å². The molecule has 1 atom stereocenters. The third-order valence-electron chi connectivity index (χ3n) is 2.33. The van der Waals surface area contributed by atoms with Crippen LogP contribution in [0.4, 0.5) is 4.39 Å². The van der Waals surface area contributed by atoms with E-state index >= 15 is 0 Å². The molecule has 0 amide bonds. The molecule has 5 heteroatoms. The summed E-state index contributed by atoms with van der Waals surface area (Å²) in [5.74, 6) is -0.0892. The fourth-order valence-electron chi connectivity index (χ4n) is 1.62. The van der Waals surface area contributed by atoms with Crippen LogP contribution in [0.25, 0.3) is 0 Å². The van der Waals surface area contributed by atoms with Gasteiger partial charge in [-0.05, 0) is 41.5 Å². The summed E-state index contributed by atoms with van der Waals surface area (Å²) in [5.41, 5.74) is 0.963.